The van der Waals surface area contributed by atoms with E-state index in [1.807, 2.05) is 32.0 Å². The molecular formula is C20H20N2O4. The van der Waals surface area contributed by atoms with Crippen molar-refractivity contribution in [2.75, 3.05) is 5.32 Å². The van der Waals surface area contributed by atoms with Crippen LogP contribution >= 0.6 is 0 Å². The van der Waals surface area contributed by atoms with Gasteiger partial charge >= 0.3 is 5.97 Å². The van der Waals surface area contributed by atoms with Gasteiger partial charge in [0, 0.05) is 5.69 Å². The van der Waals surface area contributed by atoms with E-state index in [2.05, 4.69) is 10.3 Å². The smallest absolute Gasteiger partial charge is 0.338 e. The van der Waals surface area contributed by atoms with Crippen LogP contribution in [0.1, 0.15) is 34.8 Å². The van der Waals surface area contributed by atoms with E-state index >= 15 is 0 Å². The molecule has 3 rings (SSSR count). The lowest BCUT2D eigenvalue weighted by Crippen LogP contribution is -2.32. The molecule has 6 nitrogen and oxygen atoms in total. The maximum absolute atomic E-state index is 12.5. The maximum Gasteiger partial charge on any atom is 0.338 e. The molecule has 134 valence electrons. The summed E-state index contributed by atoms with van der Waals surface area (Å²) in [7, 11) is 0. The Bertz CT molecular complexity index is 941. The van der Waals surface area contributed by atoms with E-state index in [1.165, 1.54) is 6.39 Å². The minimum absolute atomic E-state index is 0.323. The number of anilines is 1. The molecule has 1 N–H and O–H groups in total. The summed E-state index contributed by atoms with van der Waals surface area (Å²) in [6.45, 7) is 5.71. The Morgan fingerprint density at radius 1 is 1.15 bits per heavy atom. The second-order valence-electron chi connectivity index (χ2n) is 6.20. The first kappa shape index (κ1) is 17.7. The molecule has 0 aliphatic heterocycles. The second kappa shape index (κ2) is 7.39. The third-order valence-electron chi connectivity index (χ3n) is 3.97. The van der Waals surface area contributed by atoms with Crippen molar-refractivity contribution in [3.8, 4) is 0 Å². The topological polar surface area (TPSA) is 81.4 Å². The average molecular weight is 352 g/mol. The van der Waals surface area contributed by atoms with E-state index in [0.717, 1.165) is 11.1 Å². The first-order chi connectivity index (χ1) is 12.5. The van der Waals surface area contributed by atoms with Crippen LogP contribution in [-0.4, -0.2) is 23.0 Å². The van der Waals surface area contributed by atoms with Crippen LogP contribution in [0.3, 0.4) is 0 Å². The van der Waals surface area contributed by atoms with E-state index in [1.54, 1.807) is 25.1 Å². The van der Waals surface area contributed by atoms with Crippen molar-refractivity contribution < 1.29 is 18.7 Å². The molecule has 0 fully saturated rings. The van der Waals surface area contributed by atoms with Gasteiger partial charge in [0.1, 0.15) is 5.52 Å². The summed E-state index contributed by atoms with van der Waals surface area (Å²) in [6.07, 6.45) is 0.803. The Morgan fingerprint density at radius 3 is 2.58 bits per heavy atom. The number of oxazole rings is 1. The first-order valence-corrected chi connectivity index (χ1v) is 8.39. The van der Waals surface area contributed by atoms with Crippen molar-refractivity contribution in [2.24, 2.45) is 0 Å². The van der Waals surface area contributed by atoms with Gasteiger partial charge in [0.05, 0.1) is 5.56 Å². The van der Waals surface area contributed by atoms with E-state index in [4.69, 9.17) is 9.15 Å². The van der Waals surface area contributed by atoms with Crippen molar-refractivity contribution in [1.29, 1.82) is 0 Å². The highest BCUT2D eigenvalue weighted by Gasteiger charge is 2.22. The highest BCUT2D eigenvalue weighted by atomic mass is 16.5. The van der Waals surface area contributed by atoms with Gasteiger partial charge in [-0.3, -0.25) is 4.79 Å². The van der Waals surface area contributed by atoms with E-state index in [0.29, 0.717) is 28.8 Å². The molecule has 0 saturated heterocycles. The molecule has 0 aliphatic carbocycles. The molecule has 3 aromatic rings. The average Bonchev–Trinajstić information content (AvgIpc) is 3.06. The number of rotatable bonds is 5. The summed E-state index contributed by atoms with van der Waals surface area (Å²) in [4.78, 5) is 28.9. The van der Waals surface area contributed by atoms with Gasteiger partial charge in [-0.05, 0) is 61.7 Å². The normalized spacial score (nSPS) is 12.0. The van der Waals surface area contributed by atoms with Crippen LogP contribution in [0.25, 0.3) is 11.1 Å². The SMILES string of the molecule is CCC(OC(=O)c1ccc2ocnc2c1)C(=O)Nc1cc(C)cc(C)c1. The monoisotopic (exact) mass is 352 g/mol. The molecule has 6 heteroatoms. The van der Waals surface area contributed by atoms with E-state index < -0.39 is 12.1 Å². The molecular weight excluding hydrogens is 332 g/mol. The Hall–Kier alpha value is -3.15. The Morgan fingerprint density at radius 2 is 1.88 bits per heavy atom. The molecule has 0 bridgehead atoms. The molecule has 0 spiro atoms. The van der Waals surface area contributed by atoms with Crippen molar-refractivity contribution >= 4 is 28.7 Å². The third kappa shape index (κ3) is 3.91. The summed E-state index contributed by atoms with van der Waals surface area (Å²) < 4.78 is 10.5. The largest absolute Gasteiger partial charge is 0.449 e. The fraction of sp³-hybridized carbons (Fsp3) is 0.250. The standard InChI is InChI=1S/C20H20N2O4/c1-4-17(19(23)22-15-8-12(2)7-13(3)9-15)26-20(24)14-5-6-18-16(10-14)21-11-25-18/h5-11,17H,4H2,1-3H3,(H,22,23). The van der Waals surface area contributed by atoms with Gasteiger partial charge in [0.2, 0.25) is 0 Å². The molecule has 1 heterocycles. The van der Waals surface area contributed by atoms with Crippen LogP contribution in [0.15, 0.2) is 47.2 Å². The first-order valence-electron chi connectivity index (χ1n) is 8.39. The van der Waals surface area contributed by atoms with Gasteiger partial charge < -0.3 is 14.5 Å². The van der Waals surface area contributed by atoms with Crippen LogP contribution in [0.2, 0.25) is 0 Å². The van der Waals surface area contributed by atoms with Gasteiger partial charge in [0.25, 0.3) is 5.91 Å². The lowest BCUT2D eigenvalue weighted by Gasteiger charge is -2.16. The second-order valence-corrected chi connectivity index (χ2v) is 6.20. The van der Waals surface area contributed by atoms with Crippen molar-refractivity contribution in [3.63, 3.8) is 0 Å². The fourth-order valence-electron chi connectivity index (χ4n) is 2.77. The number of fused-ring (bicyclic) bond motifs is 1. The van der Waals surface area contributed by atoms with Crippen molar-refractivity contribution in [3.05, 3.63) is 59.5 Å². The molecule has 0 radical (unpaired) electrons. The lowest BCUT2D eigenvalue weighted by atomic mass is 10.1. The van der Waals surface area contributed by atoms with Gasteiger partial charge in [0.15, 0.2) is 18.1 Å². The number of nitrogens with one attached hydrogen (secondary N) is 1. The Kier molecular flexibility index (Phi) is 5.02. The van der Waals surface area contributed by atoms with Crippen LogP contribution in [0, 0.1) is 13.8 Å². The number of esters is 1. The number of aromatic nitrogens is 1. The molecule has 1 amide bonds. The fourth-order valence-corrected chi connectivity index (χ4v) is 2.77. The Labute approximate surface area is 151 Å². The van der Waals surface area contributed by atoms with Gasteiger partial charge in [-0.25, -0.2) is 9.78 Å². The van der Waals surface area contributed by atoms with Crippen LogP contribution < -0.4 is 5.32 Å². The van der Waals surface area contributed by atoms with E-state index in [-0.39, 0.29) is 5.91 Å². The predicted octanol–water partition coefficient (Wildman–Crippen LogP) is 4.02. The number of ether oxygens (including phenoxy) is 1. The molecule has 0 aliphatic rings. The highest BCUT2D eigenvalue weighted by molar-refractivity contribution is 5.98. The molecule has 1 atom stereocenters. The highest BCUT2D eigenvalue weighted by Crippen LogP contribution is 2.17. The maximum atomic E-state index is 12.5. The number of hydrogen-bond acceptors (Lipinski definition) is 5. The number of nitrogens with zero attached hydrogens (tertiary/aromatic N) is 1. The lowest BCUT2D eigenvalue weighted by molar-refractivity contribution is -0.124. The summed E-state index contributed by atoms with van der Waals surface area (Å²) >= 11 is 0. The molecule has 26 heavy (non-hydrogen) atoms. The molecule has 1 aromatic heterocycles. The number of aryl methyl sites for hydroxylation is 2. The van der Waals surface area contributed by atoms with Gasteiger partial charge in [-0.15, -0.1) is 0 Å². The van der Waals surface area contributed by atoms with Gasteiger partial charge in [-0.2, -0.15) is 0 Å². The summed E-state index contributed by atoms with van der Waals surface area (Å²) in [6, 6.07) is 10.6. The van der Waals surface area contributed by atoms with Crippen LogP contribution in [0.5, 0.6) is 0 Å². The number of amides is 1. The van der Waals surface area contributed by atoms with Crippen molar-refractivity contribution in [1.82, 2.24) is 4.98 Å². The molecule has 2 aromatic carbocycles. The number of carbonyl (C=O) groups excluding carboxylic acids is 2. The summed E-state index contributed by atoms with van der Waals surface area (Å²) in [5.74, 6) is -0.925. The zero-order chi connectivity index (χ0) is 18.7. The van der Waals surface area contributed by atoms with Gasteiger partial charge in [-0.1, -0.05) is 13.0 Å². The zero-order valence-electron chi connectivity index (χ0n) is 14.9. The Balaban J connectivity index is 1.71. The number of benzene rings is 2. The minimum Gasteiger partial charge on any atom is -0.449 e. The van der Waals surface area contributed by atoms with Crippen LogP contribution in [-0.2, 0) is 9.53 Å². The van der Waals surface area contributed by atoms with E-state index in [9.17, 15) is 9.59 Å². The third-order valence-corrected chi connectivity index (χ3v) is 3.97. The summed E-state index contributed by atoms with van der Waals surface area (Å²) in [5.41, 5.74) is 4.25. The zero-order valence-corrected chi connectivity index (χ0v) is 14.9. The number of carbonyl (C=O) groups is 2. The minimum atomic E-state index is -0.878. The van der Waals surface area contributed by atoms with Crippen molar-refractivity contribution in [2.45, 2.75) is 33.3 Å². The predicted molar refractivity (Wildman–Crippen MR) is 98.0 cm³/mol. The summed E-state index contributed by atoms with van der Waals surface area (Å²) in [5, 5.41) is 2.81. The molecule has 0 saturated carbocycles. The quantitative estimate of drug-likeness (QED) is 0.702. The number of hydrogen-bond donors (Lipinski definition) is 1. The molecule has 1 unspecified atom stereocenters. The van der Waals surface area contributed by atoms with Crippen LogP contribution in [0.4, 0.5) is 5.69 Å².